The molecule has 0 aromatic heterocycles. The fraction of sp³-hybridized carbons (Fsp3) is 0.158. The standard InChI is InChI=1S/C19H18N2O4/c22-18(9-7-14-6-8-16-17(12-14)25-13-24-16)20-10-11-21-19(23)15-4-2-1-3-5-15/h1-9,12H,10-11,13H2,(H,20,22)(H,21,23)/b9-7+. The maximum atomic E-state index is 11.8. The first-order valence-electron chi connectivity index (χ1n) is 7.91. The lowest BCUT2D eigenvalue weighted by molar-refractivity contribution is -0.116. The molecule has 2 aromatic carbocycles. The summed E-state index contributed by atoms with van der Waals surface area (Å²) < 4.78 is 10.5. The fourth-order valence-corrected chi connectivity index (χ4v) is 2.30. The van der Waals surface area contributed by atoms with Crippen molar-refractivity contribution in [1.29, 1.82) is 0 Å². The molecule has 0 atom stereocenters. The average Bonchev–Trinajstić information content (AvgIpc) is 3.12. The first-order chi connectivity index (χ1) is 12.2. The number of fused-ring (bicyclic) bond motifs is 1. The molecule has 6 nitrogen and oxygen atoms in total. The van der Waals surface area contributed by atoms with Crippen molar-refractivity contribution in [1.82, 2.24) is 10.6 Å². The van der Waals surface area contributed by atoms with Crippen LogP contribution in [0.25, 0.3) is 6.08 Å². The van der Waals surface area contributed by atoms with Crippen LogP contribution < -0.4 is 20.1 Å². The summed E-state index contributed by atoms with van der Waals surface area (Å²) in [6, 6.07) is 14.4. The van der Waals surface area contributed by atoms with Crippen molar-refractivity contribution >= 4 is 17.9 Å². The summed E-state index contributed by atoms with van der Waals surface area (Å²) >= 11 is 0. The van der Waals surface area contributed by atoms with Crippen molar-refractivity contribution in [2.24, 2.45) is 0 Å². The molecule has 1 aliphatic heterocycles. The van der Waals surface area contributed by atoms with E-state index in [2.05, 4.69) is 10.6 Å². The Morgan fingerprint density at radius 1 is 0.960 bits per heavy atom. The Balaban J connectivity index is 1.40. The highest BCUT2D eigenvalue weighted by Gasteiger charge is 2.12. The van der Waals surface area contributed by atoms with E-state index in [-0.39, 0.29) is 18.6 Å². The van der Waals surface area contributed by atoms with Gasteiger partial charge >= 0.3 is 0 Å². The predicted molar refractivity (Wildman–Crippen MR) is 93.4 cm³/mol. The van der Waals surface area contributed by atoms with E-state index in [1.165, 1.54) is 6.08 Å². The lowest BCUT2D eigenvalue weighted by Crippen LogP contribution is -2.33. The maximum absolute atomic E-state index is 11.8. The molecule has 2 N–H and O–H groups in total. The summed E-state index contributed by atoms with van der Waals surface area (Å²) in [5, 5.41) is 5.46. The first-order valence-corrected chi connectivity index (χ1v) is 7.91. The largest absolute Gasteiger partial charge is 0.454 e. The normalized spacial score (nSPS) is 12.2. The Labute approximate surface area is 145 Å². The zero-order chi connectivity index (χ0) is 17.5. The summed E-state index contributed by atoms with van der Waals surface area (Å²) in [5.41, 5.74) is 1.44. The zero-order valence-corrected chi connectivity index (χ0v) is 13.5. The molecule has 1 aliphatic rings. The van der Waals surface area contributed by atoms with Gasteiger partial charge in [0.25, 0.3) is 5.91 Å². The molecule has 0 unspecified atom stereocenters. The highest BCUT2D eigenvalue weighted by molar-refractivity contribution is 5.94. The quantitative estimate of drug-likeness (QED) is 0.624. The van der Waals surface area contributed by atoms with Gasteiger partial charge in [0, 0.05) is 24.7 Å². The Hall–Kier alpha value is -3.28. The molecular formula is C19H18N2O4. The van der Waals surface area contributed by atoms with E-state index in [0.717, 1.165) is 5.56 Å². The zero-order valence-electron chi connectivity index (χ0n) is 13.5. The summed E-state index contributed by atoms with van der Waals surface area (Å²) in [6.07, 6.45) is 3.14. The van der Waals surface area contributed by atoms with Crippen LogP contribution in [0.3, 0.4) is 0 Å². The van der Waals surface area contributed by atoms with Crippen LogP contribution in [0.5, 0.6) is 11.5 Å². The van der Waals surface area contributed by atoms with E-state index in [1.807, 2.05) is 18.2 Å². The van der Waals surface area contributed by atoms with Gasteiger partial charge < -0.3 is 20.1 Å². The van der Waals surface area contributed by atoms with Gasteiger partial charge in [-0.15, -0.1) is 0 Å². The third kappa shape index (κ3) is 4.60. The smallest absolute Gasteiger partial charge is 0.251 e. The molecule has 0 fully saturated rings. The maximum Gasteiger partial charge on any atom is 0.251 e. The molecule has 128 valence electrons. The van der Waals surface area contributed by atoms with Gasteiger partial charge in [-0.3, -0.25) is 9.59 Å². The number of nitrogens with one attached hydrogen (secondary N) is 2. The first kappa shape index (κ1) is 16.6. The summed E-state index contributed by atoms with van der Waals surface area (Å²) in [4.78, 5) is 23.6. The Morgan fingerprint density at radius 2 is 1.72 bits per heavy atom. The van der Waals surface area contributed by atoms with Gasteiger partial charge in [-0.05, 0) is 35.9 Å². The van der Waals surface area contributed by atoms with Gasteiger partial charge in [0.15, 0.2) is 11.5 Å². The molecule has 0 radical (unpaired) electrons. The number of carbonyl (C=O) groups is 2. The van der Waals surface area contributed by atoms with E-state index >= 15 is 0 Å². The summed E-state index contributed by atoms with van der Waals surface area (Å²) in [5.74, 6) is 0.985. The number of hydrogen-bond donors (Lipinski definition) is 2. The van der Waals surface area contributed by atoms with Crippen molar-refractivity contribution in [3.63, 3.8) is 0 Å². The van der Waals surface area contributed by atoms with Gasteiger partial charge in [0.2, 0.25) is 12.7 Å². The van der Waals surface area contributed by atoms with Crippen molar-refractivity contribution in [2.75, 3.05) is 19.9 Å². The monoisotopic (exact) mass is 338 g/mol. The van der Waals surface area contributed by atoms with E-state index in [1.54, 1.807) is 36.4 Å². The lowest BCUT2D eigenvalue weighted by Gasteiger charge is -2.05. The van der Waals surface area contributed by atoms with Gasteiger partial charge in [-0.2, -0.15) is 0 Å². The van der Waals surface area contributed by atoms with E-state index < -0.39 is 0 Å². The van der Waals surface area contributed by atoms with Gasteiger partial charge in [0.1, 0.15) is 0 Å². The number of benzene rings is 2. The third-order valence-electron chi connectivity index (χ3n) is 3.57. The van der Waals surface area contributed by atoms with Crippen LogP contribution in [-0.2, 0) is 4.79 Å². The number of hydrogen-bond acceptors (Lipinski definition) is 4. The Morgan fingerprint density at radius 3 is 2.56 bits per heavy atom. The number of carbonyl (C=O) groups excluding carboxylic acids is 2. The van der Waals surface area contributed by atoms with Gasteiger partial charge in [-0.25, -0.2) is 0 Å². The van der Waals surface area contributed by atoms with Crippen LogP contribution in [0.4, 0.5) is 0 Å². The number of amides is 2. The molecule has 0 saturated carbocycles. The molecule has 2 aromatic rings. The molecule has 0 aliphatic carbocycles. The van der Waals surface area contributed by atoms with Gasteiger partial charge in [0.05, 0.1) is 0 Å². The summed E-state index contributed by atoms with van der Waals surface area (Å²) in [6.45, 7) is 0.928. The highest BCUT2D eigenvalue weighted by atomic mass is 16.7. The molecule has 1 heterocycles. The van der Waals surface area contributed by atoms with Crippen LogP contribution in [0, 0.1) is 0 Å². The van der Waals surface area contributed by atoms with Crippen LogP contribution in [0.1, 0.15) is 15.9 Å². The van der Waals surface area contributed by atoms with Crippen LogP contribution in [0.2, 0.25) is 0 Å². The topological polar surface area (TPSA) is 76.7 Å². The average molecular weight is 338 g/mol. The van der Waals surface area contributed by atoms with E-state index in [9.17, 15) is 9.59 Å². The highest BCUT2D eigenvalue weighted by Crippen LogP contribution is 2.32. The Bertz CT molecular complexity index is 787. The third-order valence-corrected chi connectivity index (χ3v) is 3.57. The minimum absolute atomic E-state index is 0.161. The second kappa shape index (κ2) is 8.01. The minimum atomic E-state index is -0.230. The van der Waals surface area contributed by atoms with Crippen molar-refractivity contribution in [3.05, 3.63) is 65.7 Å². The SMILES string of the molecule is O=C(/C=C/c1ccc2c(c1)OCO2)NCCNC(=O)c1ccccc1. The predicted octanol–water partition coefficient (Wildman–Crippen LogP) is 1.97. The molecular weight excluding hydrogens is 320 g/mol. The van der Waals surface area contributed by atoms with Crippen molar-refractivity contribution < 1.29 is 19.1 Å². The minimum Gasteiger partial charge on any atom is -0.454 e. The second-order valence-corrected chi connectivity index (χ2v) is 5.36. The lowest BCUT2D eigenvalue weighted by atomic mass is 10.2. The molecule has 25 heavy (non-hydrogen) atoms. The molecule has 6 heteroatoms. The number of ether oxygens (including phenoxy) is 2. The molecule has 0 spiro atoms. The molecule has 2 amide bonds. The van der Waals surface area contributed by atoms with Crippen LogP contribution >= 0.6 is 0 Å². The molecule has 0 bridgehead atoms. The van der Waals surface area contributed by atoms with Crippen LogP contribution in [0.15, 0.2) is 54.6 Å². The second-order valence-electron chi connectivity index (χ2n) is 5.36. The van der Waals surface area contributed by atoms with Gasteiger partial charge in [-0.1, -0.05) is 24.3 Å². The molecule has 0 saturated heterocycles. The van der Waals surface area contributed by atoms with Crippen LogP contribution in [-0.4, -0.2) is 31.7 Å². The molecule has 3 rings (SSSR count). The van der Waals surface area contributed by atoms with E-state index in [0.29, 0.717) is 30.2 Å². The summed E-state index contributed by atoms with van der Waals surface area (Å²) in [7, 11) is 0. The fourth-order valence-electron chi connectivity index (χ4n) is 2.30. The number of rotatable bonds is 6. The van der Waals surface area contributed by atoms with Crippen molar-refractivity contribution in [3.8, 4) is 11.5 Å². The van der Waals surface area contributed by atoms with E-state index in [4.69, 9.17) is 9.47 Å². The van der Waals surface area contributed by atoms with Crippen molar-refractivity contribution in [2.45, 2.75) is 0 Å². The Kier molecular flexibility index (Phi) is 5.31.